The fraction of sp³-hybridized carbons (Fsp3) is 1.00. The zero-order valence-electron chi connectivity index (χ0n) is 10.1. The molecule has 0 amide bonds. The largest absolute Gasteiger partial charge is 0.375 e. The van der Waals surface area contributed by atoms with Crippen molar-refractivity contribution in [2.75, 3.05) is 18.9 Å². The van der Waals surface area contributed by atoms with Gasteiger partial charge in [-0.25, -0.2) is 0 Å². The van der Waals surface area contributed by atoms with Crippen LogP contribution < -0.4 is 5.32 Å². The molecule has 3 atom stereocenters. The molecule has 88 valence electrons. The molecule has 0 aromatic carbocycles. The Hall–Kier alpha value is 0.270. The van der Waals surface area contributed by atoms with Gasteiger partial charge in [-0.3, -0.25) is 0 Å². The van der Waals surface area contributed by atoms with Gasteiger partial charge in [0.2, 0.25) is 0 Å². The zero-order valence-corrected chi connectivity index (χ0v) is 11.0. The van der Waals surface area contributed by atoms with Crippen molar-refractivity contribution in [1.29, 1.82) is 0 Å². The summed E-state index contributed by atoms with van der Waals surface area (Å²) in [4.78, 5) is 0.315. The van der Waals surface area contributed by atoms with Crippen LogP contribution in [0.1, 0.15) is 40.0 Å². The van der Waals surface area contributed by atoms with E-state index in [0.717, 1.165) is 25.4 Å². The molecule has 2 nitrogen and oxygen atoms in total. The molecule has 2 aliphatic rings. The summed E-state index contributed by atoms with van der Waals surface area (Å²) in [7, 11) is 0. The summed E-state index contributed by atoms with van der Waals surface area (Å²) in [6.07, 6.45) is 3.44. The first kappa shape index (κ1) is 11.7. The van der Waals surface area contributed by atoms with Crippen molar-refractivity contribution in [3.8, 4) is 0 Å². The number of hydrogen-bond donors (Lipinski definition) is 1. The van der Waals surface area contributed by atoms with Gasteiger partial charge in [-0.15, -0.1) is 11.8 Å². The second-order valence-corrected chi connectivity index (χ2v) is 6.77. The predicted molar refractivity (Wildman–Crippen MR) is 66.2 cm³/mol. The van der Waals surface area contributed by atoms with Crippen LogP contribution in [0.15, 0.2) is 0 Å². The third-order valence-electron chi connectivity index (χ3n) is 3.78. The lowest BCUT2D eigenvalue weighted by atomic mass is 9.89. The van der Waals surface area contributed by atoms with Gasteiger partial charge in [-0.05, 0) is 38.0 Å². The van der Waals surface area contributed by atoms with Gasteiger partial charge in [0.15, 0.2) is 0 Å². The Morgan fingerprint density at radius 3 is 2.93 bits per heavy atom. The highest BCUT2D eigenvalue weighted by Gasteiger charge is 2.44. The van der Waals surface area contributed by atoms with Gasteiger partial charge in [0.05, 0.1) is 10.5 Å². The monoisotopic (exact) mass is 229 g/mol. The van der Waals surface area contributed by atoms with E-state index in [1.54, 1.807) is 0 Å². The molecule has 2 aliphatic heterocycles. The normalized spacial score (nSPS) is 47.0. The van der Waals surface area contributed by atoms with Crippen LogP contribution in [0.3, 0.4) is 0 Å². The molecule has 0 aromatic rings. The molecule has 2 rings (SSSR count). The van der Waals surface area contributed by atoms with Crippen LogP contribution in [0.25, 0.3) is 0 Å². The van der Waals surface area contributed by atoms with E-state index in [2.05, 4.69) is 37.8 Å². The number of rotatable bonds is 1. The Bertz CT molecular complexity index is 226. The molecular formula is C12H23NOS. The van der Waals surface area contributed by atoms with Crippen LogP contribution in [0, 0.1) is 5.92 Å². The van der Waals surface area contributed by atoms with Crippen LogP contribution in [0.2, 0.25) is 0 Å². The Kier molecular flexibility index (Phi) is 3.34. The van der Waals surface area contributed by atoms with Crippen LogP contribution in [-0.4, -0.2) is 29.4 Å². The quantitative estimate of drug-likeness (QED) is 0.747. The SMILES string of the molecule is CCC1(C)CC2(CCO1)NCC(C)CS2. The zero-order chi connectivity index (χ0) is 10.9. The summed E-state index contributed by atoms with van der Waals surface area (Å²) in [5.41, 5.74) is 0.0961. The Morgan fingerprint density at radius 1 is 1.53 bits per heavy atom. The molecule has 2 fully saturated rings. The first-order chi connectivity index (χ1) is 7.08. The summed E-state index contributed by atoms with van der Waals surface area (Å²) >= 11 is 2.12. The molecule has 2 heterocycles. The molecule has 0 aromatic heterocycles. The summed E-state index contributed by atoms with van der Waals surface area (Å²) in [6.45, 7) is 8.90. The number of thioether (sulfide) groups is 1. The van der Waals surface area contributed by atoms with Gasteiger partial charge >= 0.3 is 0 Å². The van der Waals surface area contributed by atoms with E-state index in [1.165, 1.54) is 18.7 Å². The molecule has 0 saturated carbocycles. The van der Waals surface area contributed by atoms with Crippen LogP contribution in [0.5, 0.6) is 0 Å². The second kappa shape index (κ2) is 4.27. The number of nitrogens with one attached hydrogen (secondary N) is 1. The van der Waals surface area contributed by atoms with Crippen molar-refractivity contribution in [1.82, 2.24) is 5.32 Å². The molecule has 3 heteroatoms. The fourth-order valence-electron chi connectivity index (χ4n) is 2.48. The third-order valence-corrected chi connectivity index (χ3v) is 5.56. The minimum Gasteiger partial charge on any atom is -0.375 e. The number of ether oxygens (including phenoxy) is 1. The summed E-state index contributed by atoms with van der Waals surface area (Å²) < 4.78 is 5.92. The predicted octanol–water partition coefficient (Wildman–Crippen LogP) is 2.63. The minimum absolute atomic E-state index is 0.0961. The van der Waals surface area contributed by atoms with Crippen molar-refractivity contribution in [3.63, 3.8) is 0 Å². The summed E-state index contributed by atoms with van der Waals surface area (Å²) in [6, 6.07) is 0. The standard InChI is InChI=1S/C12H23NOS/c1-4-11(3)9-12(5-6-14-11)13-7-10(2)8-15-12/h10,13H,4-9H2,1-3H3. The average Bonchev–Trinajstić information content (AvgIpc) is 2.23. The second-order valence-electron chi connectivity index (χ2n) is 5.37. The highest BCUT2D eigenvalue weighted by molar-refractivity contribution is 8.00. The molecule has 1 spiro atoms. The topological polar surface area (TPSA) is 21.3 Å². The lowest BCUT2D eigenvalue weighted by Crippen LogP contribution is -2.56. The van der Waals surface area contributed by atoms with Crippen molar-refractivity contribution >= 4 is 11.8 Å². The Balaban J connectivity index is 2.02. The van der Waals surface area contributed by atoms with Crippen LogP contribution in [0.4, 0.5) is 0 Å². The summed E-state index contributed by atoms with van der Waals surface area (Å²) in [5.74, 6) is 2.11. The minimum atomic E-state index is 0.0961. The van der Waals surface area contributed by atoms with Gasteiger partial charge in [0.25, 0.3) is 0 Å². The third kappa shape index (κ3) is 2.51. The van der Waals surface area contributed by atoms with E-state index in [0.29, 0.717) is 4.87 Å². The lowest BCUT2D eigenvalue weighted by molar-refractivity contribution is -0.0848. The maximum atomic E-state index is 5.92. The molecule has 15 heavy (non-hydrogen) atoms. The fourth-order valence-corrected chi connectivity index (χ4v) is 4.02. The maximum Gasteiger partial charge on any atom is 0.0694 e. The summed E-state index contributed by atoms with van der Waals surface area (Å²) in [5, 5.41) is 3.76. The van der Waals surface area contributed by atoms with E-state index in [-0.39, 0.29) is 5.60 Å². The molecule has 0 aliphatic carbocycles. The average molecular weight is 229 g/mol. The van der Waals surface area contributed by atoms with Crippen molar-refractivity contribution in [2.45, 2.75) is 50.5 Å². The van der Waals surface area contributed by atoms with Crippen molar-refractivity contribution in [2.24, 2.45) is 5.92 Å². The molecule has 0 bridgehead atoms. The highest BCUT2D eigenvalue weighted by Crippen LogP contribution is 2.43. The Labute approximate surface area is 97.5 Å². The van der Waals surface area contributed by atoms with E-state index in [4.69, 9.17) is 4.74 Å². The lowest BCUT2D eigenvalue weighted by Gasteiger charge is -2.49. The van der Waals surface area contributed by atoms with Crippen molar-refractivity contribution < 1.29 is 4.74 Å². The van der Waals surface area contributed by atoms with E-state index >= 15 is 0 Å². The molecule has 1 N–H and O–H groups in total. The van der Waals surface area contributed by atoms with E-state index in [9.17, 15) is 0 Å². The smallest absolute Gasteiger partial charge is 0.0694 e. The van der Waals surface area contributed by atoms with Gasteiger partial charge < -0.3 is 10.1 Å². The molecule has 2 saturated heterocycles. The first-order valence-corrected chi connectivity index (χ1v) is 7.09. The van der Waals surface area contributed by atoms with Crippen LogP contribution in [-0.2, 0) is 4.74 Å². The van der Waals surface area contributed by atoms with Crippen LogP contribution >= 0.6 is 11.8 Å². The van der Waals surface area contributed by atoms with Gasteiger partial charge in [-0.2, -0.15) is 0 Å². The number of hydrogen-bond acceptors (Lipinski definition) is 3. The van der Waals surface area contributed by atoms with E-state index in [1.807, 2.05) is 0 Å². The van der Waals surface area contributed by atoms with Gasteiger partial charge in [0, 0.05) is 13.0 Å². The van der Waals surface area contributed by atoms with Gasteiger partial charge in [0.1, 0.15) is 0 Å². The van der Waals surface area contributed by atoms with Crippen molar-refractivity contribution in [3.05, 3.63) is 0 Å². The highest BCUT2D eigenvalue weighted by atomic mass is 32.2. The maximum absolute atomic E-state index is 5.92. The molecular weight excluding hydrogens is 206 g/mol. The first-order valence-electron chi connectivity index (χ1n) is 6.10. The van der Waals surface area contributed by atoms with E-state index < -0.39 is 0 Å². The Morgan fingerprint density at radius 2 is 2.33 bits per heavy atom. The molecule has 0 radical (unpaired) electrons. The van der Waals surface area contributed by atoms with Gasteiger partial charge in [-0.1, -0.05) is 13.8 Å². The molecule has 3 unspecified atom stereocenters.